The molecule has 0 amide bonds. The van der Waals surface area contributed by atoms with Crippen LogP contribution >= 0.6 is 0 Å². The Morgan fingerprint density at radius 3 is 2.69 bits per heavy atom. The number of alkyl halides is 3. The number of fused-ring (bicyclic) bond motifs is 1. The van der Waals surface area contributed by atoms with E-state index in [1.54, 1.807) is 15.8 Å². The number of hydrogen-bond donors (Lipinski definition) is 0. The van der Waals surface area contributed by atoms with Crippen molar-refractivity contribution < 1.29 is 13.2 Å². The van der Waals surface area contributed by atoms with E-state index in [4.69, 9.17) is 0 Å². The minimum atomic E-state index is -4.51. The van der Waals surface area contributed by atoms with Gasteiger partial charge in [0.1, 0.15) is 17.8 Å². The molecule has 1 aliphatic rings. The Hall–Kier alpha value is -2.98. The van der Waals surface area contributed by atoms with E-state index < -0.39 is 11.9 Å². The predicted octanol–water partition coefficient (Wildman–Crippen LogP) is 2.07. The molecule has 11 heteroatoms. The molecule has 0 bridgehead atoms. The number of aryl methyl sites for hydroxylation is 1. The highest BCUT2D eigenvalue weighted by Crippen LogP contribution is 2.32. The highest BCUT2D eigenvalue weighted by atomic mass is 19.4. The fraction of sp³-hybridized carbons (Fsp3) is 0.400. The highest BCUT2D eigenvalue weighted by Gasteiger charge is 2.34. The second kappa shape index (κ2) is 5.78. The Bertz CT molecular complexity index is 945. The van der Waals surface area contributed by atoms with Gasteiger partial charge in [0.25, 0.3) is 0 Å². The summed E-state index contributed by atoms with van der Waals surface area (Å²) in [5.41, 5.74) is -0.119. The van der Waals surface area contributed by atoms with Crippen LogP contribution in [0.25, 0.3) is 11.4 Å². The molecular formula is C15H15F3N8. The molecule has 0 aromatic carbocycles. The molecule has 8 nitrogen and oxygen atoms in total. The Balaban J connectivity index is 1.67. The Morgan fingerprint density at radius 2 is 2.00 bits per heavy atom. The van der Waals surface area contributed by atoms with Gasteiger partial charge in [-0.05, 0) is 6.92 Å². The van der Waals surface area contributed by atoms with E-state index in [0.717, 1.165) is 18.0 Å². The number of anilines is 1. The van der Waals surface area contributed by atoms with E-state index in [-0.39, 0.29) is 11.9 Å². The van der Waals surface area contributed by atoms with Crippen molar-refractivity contribution in [3.8, 4) is 11.4 Å². The van der Waals surface area contributed by atoms with E-state index in [9.17, 15) is 13.2 Å². The van der Waals surface area contributed by atoms with Gasteiger partial charge in [0, 0.05) is 25.9 Å². The normalized spacial score (nSPS) is 17.4. The third kappa shape index (κ3) is 2.78. The van der Waals surface area contributed by atoms with Crippen LogP contribution in [0.5, 0.6) is 0 Å². The summed E-state index contributed by atoms with van der Waals surface area (Å²) in [4.78, 5) is 9.05. The molecule has 0 N–H and O–H groups in total. The third-order valence-electron chi connectivity index (χ3n) is 4.25. The number of halogens is 3. The van der Waals surface area contributed by atoms with Gasteiger partial charge in [-0.25, -0.2) is 9.97 Å². The maximum atomic E-state index is 12.9. The first-order valence-electron chi connectivity index (χ1n) is 7.90. The smallest absolute Gasteiger partial charge is 0.347 e. The summed E-state index contributed by atoms with van der Waals surface area (Å²) in [5.74, 6) is 1.57. The van der Waals surface area contributed by atoms with Gasteiger partial charge < -0.3 is 9.47 Å². The van der Waals surface area contributed by atoms with Crippen LogP contribution in [0.15, 0.2) is 24.8 Å². The average molecular weight is 364 g/mol. The van der Waals surface area contributed by atoms with Crippen LogP contribution < -0.4 is 4.90 Å². The molecule has 1 atom stereocenters. The van der Waals surface area contributed by atoms with E-state index >= 15 is 0 Å². The minimum absolute atomic E-state index is 0.0479. The van der Waals surface area contributed by atoms with Crippen LogP contribution in [-0.4, -0.2) is 41.1 Å². The van der Waals surface area contributed by atoms with E-state index in [2.05, 4.69) is 25.3 Å². The first-order chi connectivity index (χ1) is 12.3. The van der Waals surface area contributed by atoms with Gasteiger partial charge in [-0.15, -0.1) is 10.2 Å². The number of rotatable bonds is 2. The van der Waals surface area contributed by atoms with Crippen LogP contribution in [0.3, 0.4) is 0 Å². The zero-order chi connectivity index (χ0) is 18.5. The number of hydrogen-bond acceptors (Lipinski definition) is 6. The largest absolute Gasteiger partial charge is 0.433 e. The predicted molar refractivity (Wildman–Crippen MR) is 85.0 cm³/mol. The van der Waals surface area contributed by atoms with Crippen LogP contribution in [-0.2, 0) is 19.8 Å². The van der Waals surface area contributed by atoms with Crippen molar-refractivity contribution in [1.82, 2.24) is 34.5 Å². The van der Waals surface area contributed by atoms with Crippen LogP contribution in [0.1, 0.15) is 24.5 Å². The van der Waals surface area contributed by atoms with Crippen molar-refractivity contribution >= 4 is 5.82 Å². The molecule has 3 aromatic rings. The molecule has 0 fully saturated rings. The molecule has 0 radical (unpaired) electrons. The molecular weight excluding hydrogens is 349 g/mol. The second-order valence-electron chi connectivity index (χ2n) is 6.20. The van der Waals surface area contributed by atoms with Gasteiger partial charge in [-0.1, -0.05) is 0 Å². The van der Waals surface area contributed by atoms with Gasteiger partial charge in [0.15, 0.2) is 11.6 Å². The maximum Gasteiger partial charge on any atom is 0.433 e. The van der Waals surface area contributed by atoms with Crippen LogP contribution in [0, 0.1) is 0 Å². The van der Waals surface area contributed by atoms with Gasteiger partial charge >= 0.3 is 6.18 Å². The minimum Gasteiger partial charge on any atom is -0.347 e. The quantitative estimate of drug-likeness (QED) is 0.693. The maximum absolute atomic E-state index is 12.9. The molecule has 4 rings (SSSR count). The van der Waals surface area contributed by atoms with Crippen LogP contribution in [0.2, 0.25) is 0 Å². The summed E-state index contributed by atoms with van der Waals surface area (Å²) in [6, 6.07) is 0.911. The summed E-state index contributed by atoms with van der Waals surface area (Å²) in [7, 11) is 1.81. The van der Waals surface area contributed by atoms with E-state index in [0.29, 0.717) is 24.7 Å². The summed E-state index contributed by atoms with van der Waals surface area (Å²) >= 11 is 0. The Kier molecular flexibility index (Phi) is 3.67. The molecule has 1 aliphatic heterocycles. The zero-order valence-corrected chi connectivity index (χ0v) is 14.0. The van der Waals surface area contributed by atoms with Crippen molar-refractivity contribution in [2.24, 2.45) is 7.05 Å². The number of nitrogens with zero attached hydrogens (tertiary/aromatic N) is 8. The van der Waals surface area contributed by atoms with Crippen molar-refractivity contribution in [2.45, 2.75) is 25.7 Å². The Labute approximate surface area is 146 Å². The van der Waals surface area contributed by atoms with Crippen LogP contribution in [0.4, 0.5) is 19.0 Å². The average Bonchev–Trinajstić information content (AvgIpc) is 3.20. The lowest BCUT2D eigenvalue weighted by Crippen LogP contribution is -2.37. The van der Waals surface area contributed by atoms with Crippen molar-refractivity contribution in [1.29, 1.82) is 0 Å². The molecule has 0 saturated carbocycles. The van der Waals surface area contributed by atoms with Gasteiger partial charge in [-0.3, -0.25) is 4.68 Å². The highest BCUT2D eigenvalue weighted by molar-refractivity contribution is 5.54. The molecule has 136 valence electrons. The third-order valence-corrected chi connectivity index (χ3v) is 4.25. The fourth-order valence-electron chi connectivity index (χ4n) is 3.11. The topological polar surface area (TPSA) is 77.6 Å². The lowest BCUT2D eigenvalue weighted by Gasteiger charge is -2.33. The first kappa shape index (κ1) is 16.5. The summed E-state index contributed by atoms with van der Waals surface area (Å²) in [5, 5.41) is 12.6. The number of aromatic nitrogens is 7. The van der Waals surface area contributed by atoms with E-state index in [1.807, 2.05) is 24.7 Å². The summed E-state index contributed by atoms with van der Waals surface area (Å²) in [6.45, 7) is 2.75. The van der Waals surface area contributed by atoms with Gasteiger partial charge in [-0.2, -0.15) is 18.3 Å². The summed E-state index contributed by atoms with van der Waals surface area (Å²) < 4.78 is 42.4. The molecule has 0 aliphatic carbocycles. The molecule has 0 unspecified atom stereocenters. The molecule has 26 heavy (non-hydrogen) atoms. The molecule has 0 spiro atoms. The van der Waals surface area contributed by atoms with Crippen molar-refractivity contribution in [2.75, 3.05) is 11.4 Å². The van der Waals surface area contributed by atoms with E-state index in [1.165, 1.54) is 0 Å². The standard InChI is InChI=1S/C15H15F3N8/c1-9-5-25(12-3-11(15(16,17)18)19-8-20-12)7-13-22-23-14(26(9)13)10-4-21-24(2)6-10/h3-4,6,8-9H,5,7H2,1-2H3/t9-/m0/s1. The first-order valence-corrected chi connectivity index (χ1v) is 7.90. The molecule has 4 heterocycles. The zero-order valence-electron chi connectivity index (χ0n) is 14.0. The summed E-state index contributed by atoms with van der Waals surface area (Å²) in [6.07, 6.45) is -0.0251. The molecule has 3 aromatic heterocycles. The SMILES string of the molecule is C[C@H]1CN(c2cc(C(F)(F)F)ncn2)Cc2nnc(-c3cnn(C)c3)n21. The fourth-order valence-corrected chi connectivity index (χ4v) is 3.11. The monoisotopic (exact) mass is 364 g/mol. The van der Waals surface area contributed by atoms with Crippen molar-refractivity contribution in [3.63, 3.8) is 0 Å². The lowest BCUT2D eigenvalue weighted by atomic mass is 10.2. The Morgan fingerprint density at radius 1 is 1.19 bits per heavy atom. The van der Waals surface area contributed by atoms with Gasteiger partial charge in [0.2, 0.25) is 0 Å². The van der Waals surface area contributed by atoms with Gasteiger partial charge in [0.05, 0.1) is 24.3 Å². The lowest BCUT2D eigenvalue weighted by molar-refractivity contribution is -0.141. The van der Waals surface area contributed by atoms with Crippen molar-refractivity contribution in [3.05, 3.63) is 36.3 Å². The second-order valence-corrected chi connectivity index (χ2v) is 6.20. The molecule has 0 saturated heterocycles.